The molecule has 0 spiro atoms. The van der Waals surface area contributed by atoms with Crippen LogP contribution in [0.3, 0.4) is 0 Å². The van der Waals surface area contributed by atoms with Gasteiger partial charge in [0.2, 0.25) is 0 Å². The molecule has 340 valence electrons. The molecule has 1 aliphatic carbocycles. The Morgan fingerprint density at radius 3 is 1.56 bits per heavy atom. The van der Waals surface area contributed by atoms with Crippen LogP contribution in [-0.4, -0.2) is 0 Å². The molecule has 0 atom stereocenters. The molecule has 14 rings (SSSR count). The Labute approximate surface area is 420 Å². The maximum absolute atomic E-state index is 10.4. The first-order valence-electron chi connectivity index (χ1n) is 24.3. The fraction of sp³-hybridized carbons (Fsp3) is 0.0149. The quantitative estimate of drug-likeness (QED) is 0.142. The Kier molecular flexibility index (Phi) is 9.44. The maximum atomic E-state index is 10.4. The van der Waals surface area contributed by atoms with E-state index in [1.54, 1.807) is 0 Å². The van der Waals surface area contributed by atoms with Crippen LogP contribution >= 0.6 is 0 Å². The van der Waals surface area contributed by atoms with Crippen LogP contribution in [0.15, 0.2) is 251 Å². The van der Waals surface area contributed by atoms with Gasteiger partial charge in [0, 0.05) is 44.0 Å². The predicted molar refractivity (Wildman–Crippen MR) is 296 cm³/mol. The summed E-state index contributed by atoms with van der Waals surface area (Å²) in [6, 6.07) is 86.7. The molecular weight excluding hydrogens is 893 g/mol. The lowest BCUT2D eigenvalue weighted by Gasteiger charge is -2.36. The summed E-state index contributed by atoms with van der Waals surface area (Å²) in [5.41, 5.74) is 15.3. The summed E-state index contributed by atoms with van der Waals surface area (Å²) < 4.78 is 13.6. The molecule has 2 aromatic heterocycles. The van der Waals surface area contributed by atoms with Crippen molar-refractivity contribution in [3.05, 3.63) is 282 Å². The number of anilines is 6. The molecule has 73 heavy (non-hydrogen) atoms. The van der Waals surface area contributed by atoms with Crippen molar-refractivity contribution in [1.82, 2.24) is 0 Å². The molecule has 0 unspecified atom stereocenters. The number of fused-ring (bicyclic) bond motifs is 11. The normalized spacial score (nSPS) is 12.5. The van der Waals surface area contributed by atoms with Crippen molar-refractivity contribution >= 4 is 94.5 Å². The summed E-state index contributed by atoms with van der Waals surface area (Å²) in [4.78, 5) is 8.41. The Morgan fingerprint density at radius 1 is 0.411 bits per heavy atom. The number of rotatable bonds is 8. The van der Waals surface area contributed by atoms with E-state index in [-0.39, 0.29) is 0 Å². The van der Waals surface area contributed by atoms with E-state index in [1.807, 2.05) is 72.8 Å². The zero-order chi connectivity index (χ0) is 48.6. The van der Waals surface area contributed by atoms with Gasteiger partial charge in [-0.05, 0) is 112 Å². The standard InChI is InChI=1S/C67H40N4O2/c1-69-46-23-15-25-48(39-46)70(59-32-16-30-54-51-27-10-12-34-62(51)72-65(54)59)49-36-37-56-57(40-49)67(44-19-4-2-5-20-44,45-21-6-3-7-22-45)58-41-61(50-26-8-9-29-53(50)64(56)58)71(47-24-14-18-43(38-47)42-68)60-33-17-31-55-52-28-11-13-35-63(52)73-66(55)60/h2-41H. The molecule has 0 amide bonds. The molecule has 6 heteroatoms. The molecule has 6 nitrogen and oxygen atoms in total. The largest absolute Gasteiger partial charge is 0.454 e. The summed E-state index contributed by atoms with van der Waals surface area (Å²) >= 11 is 0. The van der Waals surface area contributed by atoms with Gasteiger partial charge in [0.05, 0.1) is 40.7 Å². The number of hydrogen-bond acceptors (Lipinski definition) is 5. The minimum absolute atomic E-state index is 0.540. The van der Waals surface area contributed by atoms with Crippen molar-refractivity contribution in [2.75, 3.05) is 9.80 Å². The molecule has 0 N–H and O–H groups in total. The lowest BCUT2D eigenvalue weighted by molar-refractivity contribution is 0.668. The number of hydrogen-bond donors (Lipinski definition) is 0. The van der Waals surface area contributed by atoms with Crippen molar-refractivity contribution in [1.29, 1.82) is 5.26 Å². The average molecular weight is 933 g/mol. The Balaban J connectivity index is 1.10. The first-order valence-corrected chi connectivity index (χ1v) is 24.3. The summed E-state index contributed by atoms with van der Waals surface area (Å²) in [5, 5.41) is 16.6. The van der Waals surface area contributed by atoms with Gasteiger partial charge in [0.25, 0.3) is 0 Å². The second kappa shape index (κ2) is 16.5. The van der Waals surface area contributed by atoms with Gasteiger partial charge in [-0.25, -0.2) is 4.85 Å². The van der Waals surface area contributed by atoms with E-state index in [9.17, 15) is 5.26 Å². The molecule has 1 aliphatic rings. The van der Waals surface area contributed by atoms with Gasteiger partial charge >= 0.3 is 0 Å². The van der Waals surface area contributed by atoms with E-state index in [4.69, 9.17) is 15.4 Å². The Bertz CT molecular complexity index is 4400. The molecule has 0 aliphatic heterocycles. The highest BCUT2D eigenvalue weighted by Gasteiger charge is 2.48. The summed E-state index contributed by atoms with van der Waals surface area (Å²) in [5.74, 6) is 0. The molecule has 2 heterocycles. The first-order chi connectivity index (χ1) is 36.1. The number of furan rings is 2. The van der Waals surface area contributed by atoms with Crippen LogP contribution in [0.1, 0.15) is 27.8 Å². The minimum atomic E-state index is -0.858. The second-order valence-corrected chi connectivity index (χ2v) is 18.5. The molecule has 0 radical (unpaired) electrons. The Hall–Kier alpha value is -10.1. The molecule has 11 aromatic carbocycles. The monoisotopic (exact) mass is 932 g/mol. The highest BCUT2D eigenvalue weighted by Crippen LogP contribution is 2.61. The van der Waals surface area contributed by atoms with Crippen LogP contribution in [0, 0.1) is 17.9 Å². The fourth-order valence-electron chi connectivity index (χ4n) is 11.7. The third kappa shape index (κ3) is 6.28. The second-order valence-electron chi connectivity index (χ2n) is 18.5. The van der Waals surface area contributed by atoms with Crippen molar-refractivity contribution in [3.8, 4) is 17.2 Å². The molecule has 0 fully saturated rings. The number of benzene rings is 11. The van der Waals surface area contributed by atoms with Crippen LogP contribution < -0.4 is 9.80 Å². The predicted octanol–water partition coefficient (Wildman–Crippen LogP) is 18.4. The summed E-state index contributed by atoms with van der Waals surface area (Å²) in [6.07, 6.45) is 0. The highest BCUT2D eigenvalue weighted by molar-refractivity contribution is 6.15. The van der Waals surface area contributed by atoms with E-state index in [0.29, 0.717) is 11.3 Å². The van der Waals surface area contributed by atoms with Gasteiger partial charge in [0.15, 0.2) is 16.9 Å². The lowest BCUT2D eigenvalue weighted by atomic mass is 9.67. The summed E-state index contributed by atoms with van der Waals surface area (Å²) in [7, 11) is 0. The highest BCUT2D eigenvalue weighted by atomic mass is 16.3. The van der Waals surface area contributed by atoms with Gasteiger partial charge in [-0.2, -0.15) is 5.26 Å². The van der Waals surface area contributed by atoms with Crippen molar-refractivity contribution in [2.24, 2.45) is 0 Å². The van der Waals surface area contributed by atoms with Crippen molar-refractivity contribution < 1.29 is 8.83 Å². The summed E-state index contributed by atoms with van der Waals surface area (Å²) in [6.45, 7) is 8.09. The van der Waals surface area contributed by atoms with Gasteiger partial charge in [-0.1, -0.05) is 170 Å². The van der Waals surface area contributed by atoms with E-state index < -0.39 is 5.41 Å². The molecule has 0 saturated heterocycles. The van der Waals surface area contributed by atoms with Gasteiger partial charge in [-0.3, -0.25) is 0 Å². The van der Waals surface area contributed by atoms with E-state index in [0.717, 1.165) is 122 Å². The third-order valence-corrected chi connectivity index (χ3v) is 14.7. The average Bonchev–Trinajstić information content (AvgIpc) is 4.13. The van der Waals surface area contributed by atoms with Gasteiger partial charge in [-0.15, -0.1) is 0 Å². The molecule has 0 saturated carbocycles. The first kappa shape index (κ1) is 41.8. The molecular formula is C67H40N4O2. The molecule has 0 bridgehead atoms. The smallest absolute Gasteiger partial charge is 0.189 e. The zero-order valence-electron chi connectivity index (χ0n) is 39.2. The SMILES string of the molecule is [C-]#[N+]c1cccc(N(c2ccc3c(c2)C(c2ccccc2)(c2ccccc2)c2cc(N(c4cccc(C#N)c4)c4cccc5c4oc4ccccc45)c4ccccc4c2-3)c2cccc3c2oc2ccccc23)c1. The van der Waals surface area contributed by atoms with Crippen molar-refractivity contribution in [3.63, 3.8) is 0 Å². The number of para-hydroxylation sites is 4. The zero-order valence-corrected chi connectivity index (χ0v) is 39.2. The number of nitriles is 1. The van der Waals surface area contributed by atoms with E-state index >= 15 is 0 Å². The van der Waals surface area contributed by atoms with Gasteiger partial charge < -0.3 is 18.6 Å². The van der Waals surface area contributed by atoms with Crippen LogP contribution in [0.5, 0.6) is 0 Å². The maximum Gasteiger partial charge on any atom is 0.189 e. The minimum Gasteiger partial charge on any atom is -0.454 e. The van der Waals surface area contributed by atoms with E-state index in [2.05, 4.69) is 191 Å². The topological polar surface area (TPSA) is 60.9 Å². The molecule has 13 aromatic rings. The van der Waals surface area contributed by atoms with E-state index in [1.165, 1.54) is 0 Å². The van der Waals surface area contributed by atoms with Crippen LogP contribution in [-0.2, 0) is 5.41 Å². The van der Waals surface area contributed by atoms with Crippen molar-refractivity contribution in [2.45, 2.75) is 5.41 Å². The van der Waals surface area contributed by atoms with Crippen LogP contribution in [0.4, 0.5) is 39.8 Å². The fourth-order valence-corrected chi connectivity index (χ4v) is 11.7. The van der Waals surface area contributed by atoms with Crippen LogP contribution in [0.25, 0.3) is 70.6 Å². The number of nitrogens with zero attached hydrogens (tertiary/aromatic N) is 4. The van der Waals surface area contributed by atoms with Gasteiger partial charge in [0.1, 0.15) is 11.2 Å². The van der Waals surface area contributed by atoms with Crippen LogP contribution in [0.2, 0.25) is 0 Å². The Morgan fingerprint density at radius 2 is 0.932 bits per heavy atom. The third-order valence-electron chi connectivity index (χ3n) is 14.7. The lowest BCUT2D eigenvalue weighted by Crippen LogP contribution is -2.29.